The molecule has 0 spiro atoms. The number of nitrogens with zero attached hydrogens (tertiary/aromatic N) is 2. The van der Waals surface area contributed by atoms with Crippen molar-refractivity contribution in [3.63, 3.8) is 0 Å². The highest BCUT2D eigenvalue weighted by Gasteiger charge is 2.26. The summed E-state index contributed by atoms with van der Waals surface area (Å²) in [6.07, 6.45) is 1.39. The van der Waals surface area contributed by atoms with Crippen LogP contribution in [0.4, 0.5) is 16.4 Å². The van der Waals surface area contributed by atoms with E-state index in [0.29, 0.717) is 36.7 Å². The summed E-state index contributed by atoms with van der Waals surface area (Å²) in [5, 5.41) is 4.14. The number of hydrogen-bond acceptors (Lipinski definition) is 5. The smallest absolute Gasteiger partial charge is 0.265 e. The molecule has 2 aliphatic heterocycles. The Bertz CT molecular complexity index is 1120. The number of carbonyl (C=O) groups excluding carboxylic acids is 2. The van der Waals surface area contributed by atoms with Gasteiger partial charge in [-0.1, -0.05) is 42.5 Å². The van der Waals surface area contributed by atoms with E-state index in [1.807, 2.05) is 48.5 Å². The summed E-state index contributed by atoms with van der Waals surface area (Å²) in [7, 11) is 0. The first kappa shape index (κ1) is 20.7. The lowest BCUT2D eigenvalue weighted by atomic mass is 10.1. The number of amides is 2. The third-order valence-corrected chi connectivity index (χ3v) is 7.03. The lowest BCUT2D eigenvalue weighted by Crippen LogP contribution is -2.35. The van der Waals surface area contributed by atoms with Crippen LogP contribution in [0.15, 0.2) is 60.7 Å². The largest absolute Gasteiger partial charge is 0.378 e. The molecule has 164 valence electrons. The molecular formula is C25H25N3O3S. The zero-order chi connectivity index (χ0) is 21.9. The van der Waals surface area contributed by atoms with Crippen molar-refractivity contribution in [3.8, 4) is 11.1 Å². The van der Waals surface area contributed by atoms with Gasteiger partial charge in [-0.2, -0.15) is 0 Å². The van der Waals surface area contributed by atoms with Crippen LogP contribution in [0.2, 0.25) is 0 Å². The molecule has 3 heterocycles. The third kappa shape index (κ3) is 4.13. The van der Waals surface area contributed by atoms with Crippen molar-refractivity contribution in [1.29, 1.82) is 0 Å². The van der Waals surface area contributed by atoms with Crippen molar-refractivity contribution in [1.82, 2.24) is 0 Å². The van der Waals surface area contributed by atoms with E-state index in [0.717, 1.165) is 41.3 Å². The van der Waals surface area contributed by atoms with Crippen molar-refractivity contribution >= 4 is 39.5 Å². The highest BCUT2D eigenvalue weighted by Crippen LogP contribution is 2.40. The van der Waals surface area contributed by atoms with E-state index in [9.17, 15) is 9.59 Å². The lowest BCUT2D eigenvalue weighted by molar-refractivity contribution is -0.117. The maximum Gasteiger partial charge on any atom is 0.265 e. The normalized spacial score (nSPS) is 16.4. The Morgan fingerprint density at radius 2 is 1.72 bits per heavy atom. The van der Waals surface area contributed by atoms with Gasteiger partial charge in [-0.05, 0) is 30.2 Å². The van der Waals surface area contributed by atoms with E-state index in [4.69, 9.17) is 4.74 Å². The number of anilines is 3. The first-order valence-electron chi connectivity index (χ1n) is 10.9. The van der Waals surface area contributed by atoms with Gasteiger partial charge in [-0.3, -0.25) is 9.59 Å². The van der Waals surface area contributed by atoms with Gasteiger partial charge in [0.05, 0.1) is 34.5 Å². The van der Waals surface area contributed by atoms with Crippen LogP contribution in [0.1, 0.15) is 22.5 Å². The number of morpholine rings is 1. The second-order valence-corrected chi connectivity index (χ2v) is 8.95. The molecule has 3 aromatic rings. The van der Waals surface area contributed by atoms with Crippen molar-refractivity contribution < 1.29 is 14.3 Å². The maximum absolute atomic E-state index is 13.3. The van der Waals surface area contributed by atoms with Crippen LogP contribution < -0.4 is 15.1 Å². The van der Waals surface area contributed by atoms with Crippen LogP contribution in [0.3, 0.4) is 0 Å². The average molecular weight is 448 g/mol. The predicted octanol–water partition coefficient (Wildman–Crippen LogP) is 4.63. The predicted molar refractivity (Wildman–Crippen MR) is 129 cm³/mol. The average Bonchev–Trinajstić information content (AvgIpc) is 3.47. The van der Waals surface area contributed by atoms with Gasteiger partial charge < -0.3 is 19.9 Å². The third-order valence-electron chi connectivity index (χ3n) is 5.84. The SMILES string of the molecule is O=C(Nc1ccccc1N1CCCC1=O)c1cc(-c2ccccc2)c(N2CCOCC2)s1. The van der Waals surface area contributed by atoms with E-state index in [2.05, 4.69) is 22.3 Å². The Kier molecular flexibility index (Phi) is 5.92. The Labute approximate surface area is 191 Å². The fourth-order valence-electron chi connectivity index (χ4n) is 4.22. The van der Waals surface area contributed by atoms with Crippen LogP contribution in [0.25, 0.3) is 11.1 Å². The molecule has 6 nitrogen and oxygen atoms in total. The van der Waals surface area contributed by atoms with E-state index in [-0.39, 0.29) is 11.8 Å². The van der Waals surface area contributed by atoms with E-state index in [1.54, 1.807) is 4.90 Å². The molecule has 2 fully saturated rings. The highest BCUT2D eigenvalue weighted by molar-refractivity contribution is 7.18. The van der Waals surface area contributed by atoms with Gasteiger partial charge in [-0.15, -0.1) is 11.3 Å². The summed E-state index contributed by atoms with van der Waals surface area (Å²) >= 11 is 1.50. The van der Waals surface area contributed by atoms with Gasteiger partial charge in [0.15, 0.2) is 0 Å². The number of benzene rings is 2. The quantitative estimate of drug-likeness (QED) is 0.619. The maximum atomic E-state index is 13.3. The summed E-state index contributed by atoms with van der Waals surface area (Å²) in [5.74, 6) is -0.0606. The molecule has 0 unspecified atom stereocenters. The minimum absolute atomic E-state index is 0.101. The Morgan fingerprint density at radius 3 is 2.47 bits per heavy atom. The first-order valence-corrected chi connectivity index (χ1v) is 11.7. The van der Waals surface area contributed by atoms with E-state index in [1.165, 1.54) is 11.3 Å². The summed E-state index contributed by atoms with van der Waals surface area (Å²) in [6.45, 7) is 3.67. The number of nitrogens with one attached hydrogen (secondary N) is 1. The molecule has 2 aromatic carbocycles. The summed E-state index contributed by atoms with van der Waals surface area (Å²) in [4.78, 5) is 30.3. The number of hydrogen-bond donors (Lipinski definition) is 1. The molecular weight excluding hydrogens is 422 g/mol. The molecule has 5 rings (SSSR count). The first-order chi connectivity index (χ1) is 15.7. The van der Waals surface area contributed by atoms with E-state index >= 15 is 0 Å². The monoisotopic (exact) mass is 447 g/mol. The lowest BCUT2D eigenvalue weighted by Gasteiger charge is -2.28. The van der Waals surface area contributed by atoms with Crippen LogP contribution in [0, 0.1) is 0 Å². The Balaban J connectivity index is 1.46. The van der Waals surface area contributed by atoms with Crippen LogP contribution in [-0.2, 0) is 9.53 Å². The molecule has 2 aliphatic rings. The summed E-state index contributed by atoms with van der Waals surface area (Å²) in [5.41, 5.74) is 3.57. The van der Waals surface area contributed by atoms with Crippen molar-refractivity contribution in [2.75, 3.05) is 48.0 Å². The minimum atomic E-state index is -0.161. The zero-order valence-corrected chi connectivity index (χ0v) is 18.6. The fourth-order valence-corrected chi connectivity index (χ4v) is 5.35. The molecule has 2 saturated heterocycles. The number of para-hydroxylation sites is 2. The number of rotatable bonds is 5. The zero-order valence-electron chi connectivity index (χ0n) is 17.8. The number of carbonyl (C=O) groups is 2. The molecule has 1 aromatic heterocycles. The second kappa shape index (κ2) is 9.14. The Hall–Kier alpha value is -3.16. The van der Waals surface area contributed by atoms with Crippen LogP contribution in [-0.4, -0.2) is 44.7 Å². The van der Waals surface area contributed by atoms with Gasteiger partial charge in [0.1, 0.15) is 0 Å². The molecule has 0 aliphatic carbocycles. The molecule has 0 bridgehead atoms. The molecule has 0 saturated carbocycles. The van der Waals surface area contributed by atoms with Crippen molar-refractivity contribution in [2.45, 2.75) is 12.8 Å². The van der Waals surface area contributed by atoms with Gasteiger partial charge in [0, 0.05) is 31.6 Å². The topological polar surface area (TPSA) is 61.9 Å². The number of ether oxygens (including phenoxy) is 1. The highest BCUT2D eigenvalue weighted by atomic mass is 32.1. The van der Waals surface area contributed by atoms with Crippen LogP contribution in [0.5, 0.6) is 0 Å². The fraction of sp³-hybridized carbons (Fsp3) is 0.280. The van der Waals surface area contributed by atoms with Crippen molar-refractivity contribution in [2.24, 2.45) is 0 Å². The molecule has 0 radical (unpaired) electrons. The molecule has 7 heteroatoms. The van der Waals surface area contributed by atoms with Crippen molar-refractivity contribution in [3.05, 3.63) is 65.5 Å². The molecule has 2 amide bonds. The molecule has 1 N–H and O–H groups in total. The minimum Gasteiger partial charge on any atom is -0.378 e. The molecule has 0 atom stereocenters. The summed E-state index contributed by atoms with van der Waals surface area (Å²) in [6, 6.07) is 19.7. The second-order valence-electron chi connectivity index (χ2n) is 7.92. The number of thiophene rings is 1. The van der Waals surface area contributed by atoms with E-state index < -0.39 is 0 Å². The Morgan fingerprint density at radius 1 is 0.969 bits per heavy atom. The summed E-state index contributed by atoms with van der Waals surface area (Å²) < 4.78 is 5.52. The van der Waals surface area contributed by atoms with Gasteiger partial charge in [0.25, 0.3) is 5.91 Å². The van der Waals surface area contributed by atoms with Crippen LogP contribution >= 0.6 is 11.3 Å². The van der Waals surface area contributed by atoms with Gasteiger partial charge in [-0.25, -0.2) is 0 Å². The van der Waals surface area contributed by atoms with Gasteiger partial charge >= 0.3 is 0 Å². The van der Waals surface area contributed by atoms with Gasteiger partial charge in [0.2, 0.25) is 5.91 Å². The molecule has 32 heavy (non-hydrogen) atoms. The standard InChI is InChI=1S/C25H25N3O3S/c29-23-11-6-12-28(23)21-10-5-4-9-20(21)26-24(30)22-17-19(18-7-2-1-3-8-18)25(32-22)27-13-15-31-16-14-27/h1-5,7-10,17H,6,11-16H2,(H,26,30).